The first-order valence-corrected chi connectivity index (χ1v) is 7.02. The zero-order valence-corrected chi connectivity index (χ0v) is 13.9. The van der Waals surface area contributed by atoms with Gasteiger partial charge in [-0.3, -0.25) is 0 Å². The maximum Gasteiger partial charge on any atom is 0.138 e. The molecule has 0 radical (unpaired) electrons. The van der Waals surface area contributed by atoms with Gasteiger partial charge in [0.25, 0.3) is 0 Å². The van der Waals surface area contributed by atoms with Crippen LogP contribution in [0.4, 0.5) is 11.6 Å². The maximum atomic E-state index is 9.87. The van der Waals surface area contributed by atoms with Gasteiger partial charge < -0.3 is 15.7 Å². The Balaban J connectivity index is 3.32. The van der Waals surface area contributed by atoms with Crippen molar-refractivity contribution in [1.29, 1.82) is 0 Å². The van der Waals surface area contributed by atoms with Gasteiger partial charge in [0.1, 0.15) is 17.5 Å². The molecule has 0 amide bonds. The van der Waals surface area contributed by atoms with E-state index in [9.17, 15) is 5.11 Å². The number of aliphatic hydroxyl groups excluding tert-OH is 1. The molecule has 5 nitrogen and oxygen atoms in total. The Morgan fingerprint density at radius 2 is 1.55 bits per heavy atom. The fourth-order valence-corrected chi connectivity index (χ4v) is 1.63. The van der Waals surface area contributed by atoms with E-state index in [1.54, 1.807) is 6.92 Å². The van der Waals surface area contributed by atoms with E-state index in [1.807, 2.05) is 27.8 Å². The molecule has 1 unspecified atom stereocenters. The summed E-state index contributed by atoms with van der Waals surface area (Å²) < 4.78 is 0. The lowest BCUT2D eigenvalue weighted by Gasteiger charge is -2.31. The van der Waals surface area contributed by atoms with Crippen molar-refractivity contribution >= 4 is 11.6 Å². The van der Waals surface area contributed by atoms with Crippen LogP contribution in [0, 0.1) is 6.92 Å². The van der Waals surface area contributed by atoms with Crippen LogP contribution < -0.4 is 10.6 Å². The van der Waals surface area contributed by atoms with E-state index in [-0.39, 0.29) is 5.41 Å². The monoisotopic (exact) mass is 280 g/mol. The quantitative estimate of drug-likeness (QED) is 0.791. The van der Waals surface area contributed by atoms with E-state index in [0.29, 0.717) is 0 Å². The van der Waals surface area contributed by atoms with E-state index in [1.165, 1.54) is 0 Å². The van der Waals surface area contributed by atoms with Crippen molar-refractivity contribution < 1.29 is 5.11 Å². The second-order valence-corrected chi connectivity index (χ2v) is 6.89. The van der Waals surface area contributed by atoms with Gasteiger partial charge in [0.15, 0.2) is 0 Å². The molecular weight excluding hydrogens is 252 g/mol. The SMILES string of the molecule is CNc1nc(C(C)(C)C)nc(NC(C)(C)C(C)O)c1C. The Morgan fingerprint density at radius 3 is 1.95 bits per heavy atom. The molecule has 0 saturated heterocycles. The first kappa shape index (κ1) is 16.7. The predicted molar refractivity (Wildman–Crippen MR) is 84.4 cm³/mol. The molecule has 1 aromatic rings. The smallest absolute Gasteiger partial charge is 0.138 e. The highest BCUT2D eigenvalue weighted by atomic mass is 16.3. The van der Waals surface area contributed by atoms with Crippen LogP contribution in [0.1, 0.15) is 52.9 Å². The number of nitrogens with one attached hydrogen (secondary N) is 2. The van der Waals surface area contributed by atoms with Gasteiger partial charge in [-0.25, -0.2) is 9.97 Å². The van der Waals surface area contributed by atoms with Crippen LogP contribution in [0.5, 0.6) is 0 Å². The van der Waals surface area contributed by atoms with Gasteiger partial charge in [-0.05, 0) is 27.7 Å². The standard InChI is InChI=1S/C15H28N4O/c1-9-11(16-8)17-13(14(3,4)5)18-12(9)19-15(6,7)10(2)20/h10,20H,1-8H3,(H2,16,17,18,19). The van der Waals surface area contributed by atoms with Gasteiger partial charge in [0.05, 0.1) is 11.6 Å². The third kappa shape index (κ3) is 3.60. The summed E-state index contributed by atoms with van der Waals surface area (Å²) in [6.07, 6.45) is -0.493. The molecule has 0 aromatic carbocycles. The molecule has 1 rings (SSSR count). The number of aromatic nitrogens is 2. The minimum Gasteiger partial charge on any atom is -0.391 e. The predicted octanol–water partition coefficient (Wildman–Crippen LogP) is 2.70. The zero-order valence-electron chi connectivity index (χ0n) is 13.9. The van der Waals surface area contributed by atoms with Crippen molar-refractivity contribution in [1.82, 2.24) is 9.97 Å². The molecule has 1 atom stereocenters. The highest BCUT2D eigenvalue weighted by Crippen LogP contribution is 2.28. The van der Waals surface area contributed by atoms with E-state index >= 15 is 0 Å². The third-order valence-electron chi connectivity index (χ3n) is 3.54. The Kier molecular flexibility index (Phi) is 4.64. The Labute approximate surface area is 122 Å². The number of hydrogen-bond acceptors (Lipinski definition) is 5. The molecule has 0 saturated carbocycles. The summed E-state index contributed by atoms with van der Waals surface area (Å²) in [5.74, 6) is 2.35. The Bertz CT molecular complexity index is 475. The molecule has 0 aliphatic heterocycles. The van der Waals surface area contributed by atoms with Crippen molar-refractivity contribution in [3.63, 3.8) is 0 Å². The van der Waals surface area contributed by atoms with E-state index in [0.717, 1.165) is 23.0 Å². The molecular formula is C15H28N4O. The summed E-state index contributed by atoms with van der Waals surface area (Å²) in [5, 5.41) is 16.3. The minimum absolute atomic E-state index is 0.134. The summed E-state index contributed by atoms with van der Waals surface area (Å²) in [6.45, 7) is 13.9. The van der Waals surface area contributed by atoms with Crippen molar-refractivity contribution in [3.8, 4) is 0 Å². The van der Waals surface area contributed by atoms with Crippen LogP contribution >= 0.6 is 0 Å². The fourth-order valence-electron chi connectivity index (χ4n) is 1.63. The highest BCUT2D eigenvalue weighted by molar-refractivity contribution is 5.58. The number of anilines is 2. The molecule has 1 aromatic heterocycles. The fraction of sp³-hybridized carbons (Fsp3) is 0.733. The molecule has 3 N–H and O–H groups in total. The van der Waals surface area contributed by atoms with Gasteiger partial charge in [-0.1, -0.05) is 20.8 Å². The second kappa shape index (κ2) is 5.56. The van der Waals surface area contributed by atoms with Gasteiger partial charge in [-0.15, -0.1) is 0 Å². The third-order valence-corrected chi connectivity index (χ3v) is 3.54. The lowest BCUT2D eigenvalue weighted by molar-refractivity contribution is 0.133. The van der Waals surface area contributed by atoms with Gasteiger partial charge in [-0.2, -0.15) is 0 Å². The highest BCUT2D eigenvalue weighted by Gasteiger charge is 2.27. The minimum atomic E-state index is -0.493. The first-order valence-electron chi connectivity index (χ1n) is 7.02. The van der Waals surface area contributed by atoms with Crippen molar-refractivity contribution in [3.05, 3.63) is 11.4 Å². The number of rotatable bonds is 4. The van der Waals surface area contributed by atoms with E-state index in [4.69, 9.17) is 0 Å². The Hall–Kier alpha value is -1.36. The van der Waals surface area contributed by atoms with Crippen LogP contribution in [-0.2, 0) is 5.41 Å². The van der Waals surface area contributed by atoms with Crippen LogP contribution in [0.3, 0.4) is 0 Å². The average molecular weight is 280 g/mol. The Morgan fingerprint density at radius 1 is 1.05 bits per heavy atom. The van der Waals surface area contributed by atoms with Crippen LogP contribution in [0.2, 0.25) is 0 Å². The first-order chi connectivity index (χ1) is 8.99. The summed E-state index contributed by atoms with van der Waals surface area (Å²) in [5.41, 5.74) is 0.360. The molecule has 0 aliphatic carbocycles. The van der Waals surface area contributed by atoms with Crippen molar-refractivity contribution in [2.45, 2.75) is 65.5 Å². The molecule has 20 heavy (non-hydrogen) atoms. The molecule has 114 valence electrons. The van der Waals surface area contributed by atoms with Crippen molar-refractivity contribution in [2.75, 3.05) is 17.7 Å². The lowest BCUT2D eigenvalue weighted by atomic mass is 9.95. The van der Waals surface area contributed by atoms with Crippen molar-refractivity contribution in [2.24, 2.45) is 0 Å². The van der Waals surface area contributed by atoms with E-state index in [2.05, 4.69) is 41.4 Å². The normalized spacial score (nSPS) is 14.1. The maximum absolute atomic E-state index is 9.87. The van der Waals surface area contributed by atoms with Gasteiger partial charge >= 0.3 is 0 Å². The molecule has 5 heteroatoms. The molecule has 0 spiro atoms. The van der Waals surface area contributed by atoms with Gasteiger partial charge in [0, 0.05) is 18.0 Å². The summed E-state index contributed by atoms with van der Waals surface area (Å²) in [7, 11) is 1.85. The molecule has 0 aliphatic rings. The van der Waals surface area contributed by atoms with Crippen LogP contribution in [0.15, 0.2) is 0 Å². The number of aliphatic hydroxyl groups is 1. The molecule has 0 bridgehead atoms. The summed E-state index contributed by atoms with van der Waals surface area (Å²) in [4.78, 5) is 9.22. The number of hydrogen-bond donors (Lipinski definition) is 3. The lowest BCUT2D eigenvalue weighted by Crippen LogP contribution is -2.42. The van der Waals surface area contributed by atoms with Crippen LogP contribution in [0.25, 0.3) is 0 Å². The van der Waals surface area contributed by atoms with E-state index < -0.39 is 11.6 Å². The summed E-state index contributed by atoms with van der Waals surface area (Å²) >= 11 is 0. The molecule has 1 heterocycles. The topological polar surface area (TPSA) is 70.1 Å². The average Bonchev–Trinajstić information content (AvgIpc) is 2.29. The summed E-state index contributed by atoms with van der Waals surface area (Å²) in [6, 6.07) is 0. The van der Waals surface area contributed by atoms with Gasteiger partial charge in [0.2, 0.25) is 0 Å². The van der Waals surface area contributed by atoms with Crippen LogP contribution in [-0.4, -0.2) is 33.8 Å². The zero-order chi connectivity index (χ0) is 15.7. The largest absolute Gasteiger partial charge is 0.391 e. The molecule has 0 fully saturated rings. The second-order valence-electron chi connectivity index (χ2n) is 6.89. The number of nitrogens with zero attached hydrogens (tertiary/aromatic N) is 2.